The standard InChI is InChI=1S/C14H18N4O3/c1-3-4-7-21-11-8-9(5-6-10(11)20-2)12-13(14(15)19)17-18-16-12/h5-6,8H,3-4,7H2,1-2H3,(H2,15,19)(H,16,17,18). The Balaban J connectivity index is 2.34. The van der Waals surface area contributed by atoms with Crippen LogP contribution in [0.15, 0.2) is 18.2 Å². The molecule has 0 aliphatic heterocycles. The van der Waals surface area contributed by atoms with Gasteiger partial charge in [-0.25, -0.2) is 0 Å². The number of carbonyl (C=O) groups is 1. The fraction of sp³-hybridized carbons (Fsp3) is 0.357. The number of nitrogens with one attached hydrogen (secondary N) is 1. The van der Waals surface area contributed by atoms with E-state index in [0.717, 1.165) is 12.8 Å². The Morgan fingerprint density at radius 3 is 2.81 bits per heavy atom. The number of unbranched alkanes of at least 4 members (excludes halogenated alkanes) is 1. The van der Waals surface area contributed by atoms with E-state index in [1.165, 1.54) is 0 Å². The van der Waals surface area contributed by atoms with E-state index in [1.54, 1.807) is 25.3 Å². The third-order valence-corrected chi connectivity index (χ3v) is 2.97. The van der Waals surface area contributed by atoms with Gasteiger partial charge in [-0.3, -0.25) is 4.79 Å². The number of hydrogen-bond donors (Lipinski definition) is 2. The van der Waals surface area contributed by atoms with Gasteiger partial charge in [-0.2, -0.15) is 15.4 Å². The summed E-state index contributed by atoms with van der Waals surface area (Å²) in [6.45, 7) is 2.68. The predicted octanol–water partition coefficient (Wildman–Crippen LogP) is 1.76. The summed E-state index contributed by atoms with van der Waals surface area (Å²) in [5.41, 5.74) is 6.45. The van der Waals surface area contributed by atoms with Gasteiger partial charge in [-0.1, -0.05) is 13.3 Å². The van der Waals surface area contributed by atoms with Crippen LogP contribution in [-0.4, -0.2) is 35.0 Å². The third kappa shape index (κ3) is 3.31. The molecule has 21 heavy (non-hydrogen) atoms. The van der Waals surface area contributed by atoms with Crippen LogP contribution in [0.2, 0.25) is 0 Å². The fourth-order valence-corrected chi connectivity index (χ4v) is 1.87. The van der Waals surface area contributed by atoms with E-state index < -0.39 is 5.91 Å². The van der Waals surface area contributed by atoms with Gasteiger partial charge in [0.05, 0.1) is 13.7 Å². The monoisotopic (exact) mass is 290 g/mol. The maximum Gasteiger partial charge on any atom is 0.271 e. The number of nitrogens with zero attached hydrogens (tertiary/aromatic N) is 2. The van der Waals surface area contributed by atoms with Crippen LogP contribution >= 0.6 is 0 Å². The number of benzene rings is 1. The molecule has 7 nitrogen and oxygen atoms in total. The minimum atomic E-state index is -0.636. The van der Waals surface area contributed by atoms with Gasteiger partial charge in [0.15, 0.2) is 17.2 Å². The topological polar surface area (TPSA) is 103 Å². The first-order chi connectivity index (χ1) is 10.2. The number of nitrogens with two attached hydrogens (primary N) is 1. The van der Waals surface area contributed by atoms with Crippen LogP contribution < -0.4 is 15.2 Å². The first-order valence-corrected chi connectivity index (χ1v) is 6.69. The average molecular weight is 290 g/mol. The molecule has 0 atom stereocenters. The molecule has 0 aliphatic rings. The molecule has 0 spiro atoms. The van der Waals surface area contributed by atoms with E-state index in [1.807, 2.05) is 0 Å². The second kappa shape index (κ2) is 6.74. The molecule has 0 saturated heterocycles. The molecule has 2 rings (SSSR count). The van der Waals surface area contributed by atoms with Crippen LogP contribution in [0.5, 0.6) is 11.5 Å². The summed E-state index contributed by atoms with van der Waals surface area (Å²) in [5.74, 6) is 0.587. The van der Waals surface area contributed by atoms with Crippen LogP contribution in [0, 0.1) is 0 Å². The Bertz CT molecular complexity index is 624. The summed E-state index contributed by atoms with van der Waals surface area (Å²) in [7, 11) is 1.58. The molecule has 0 saturated carbocycles. The summed E-state index contributed by atoms with van der Waals surface area (Å²) < 4.78 is 11.0. The lowest BCUT2D eigenvalue weighted by Crippen LogP contribution is -2.12. The summed E-state index contributed by atoms with van der Waals surface area (Å²) in [5, 5.41) is 10.1. The highest BCUT2D eigenvalue weighted by molar-refractivity contribution is 5.96. The van der Waals surface area contributed by atoms with E-state index in [2.05, 4.69) is 22.3 Å². The van der Waals surface area contributed by atoms with Gasteiger partial charge < -0.3 is 15.2 Å². The minimum Gasteiger partial charge on any atom is -0.493 e. The maximum absolute atomic E-state index is 11.3. The number of aromatic nitrogens is 3. The minimum absolute atomic E-state index is 0.0969. The van der Waals surface area contributed by atoms with Crippen LogP contribution in [-0.2, 0) is 0 Å². The molecule has 0 aliphatic carbocycles. The largest absolute Gasteiger partial charge is 0.493 e. The molecule has 2 aromatic rings. The van der Waals surface area contributed by atoms with Crippen molar-refractivity contribution in [3.05, 3.63) is 23.9 Å². The van der Waals surface area contributed by atoms with Gasteiger partial charge in [0.2, 0.25) is 0 Å². The van der Waals surface area contributed by atoms with E-state index >= 15 is 0 Å². The van der Waals surface area contributed by atoms with Crippen LogP contribution in [0.25, 0.3) is 11.3 Å². The molecular weight excluding hydrogens is 272 g/mol. The molecule has 3 N–H and O–H groups in total. The Hall–Kier alpha value is -2.57. The lowest BCUT2D eigenvalue weighted by molar-refractivity contribution is 0.0996. The van der Waals surface area contributed by atoms with E-state index in [9.17, 15) is 4.79 Å². The van der Waals surface area contributed by atoms with Gasteiger partial charge in [-0.05, 0) is 24.6 Å². The molecule has 0 fully saturated rings. The van der Waals surface area contributed by atoms with Crippen LogP contribution in [0.3, 0.4) is 0 Å². The molecule has 112 valence electrons. The quantitative estimate of drug-likeness (QED) is 0.756. The highest BCUT2D eigenvalue weighted by atomic mass is 16.5. The Kier molecular flexibility index (Phi) is 4.76. The smallest absolute Gasteiger partial charge is 0.271 e. The van der Waals surface area contributed by atoms with Gasteiger partial charge in [0, 0.05) is 5.56 Å². The number of ether oxygens (including phenoxy) is 2. The summed E-state index contributed by atoms with van der Waals surface area (Å²) in [6.07, 6.45) is 1.99. The molecule has 1 aromatic heterocycles. The zero-order chi connectivity index (χ0) is 15.2. The van der Waals surface area contributed by atoms with Gasteiger partial charge >= 0.3 is 0 Å². The fourth-order valence-electron chi connectivity index (χ4n) is 1.87. The molecule has 1 aromatic carbocycles. The molecule has 1 heterocycles. The number of hydrogen-bond acceptors (Lipinski definition) is 5. The second-order valence-corrected chi connectivity index (χ2v) is 4.45. The number of amides is 1. The van der Waals surface area contributed by atoms with Crippen molar-refractivity contribution < 1.29 is 14.3 Å². The molecular formula is C14H18N4O3. The van der Waals surface area contributed by atoms with E-state index in [4.69, 9.17) is 15.2 Å². The molecule has 1 amide bonds. The molecule has 7 heteroatoms. The Morgan fingerprint density at radius 2 is 2.14 bits per heavy atom. The Morgan fingerprint density at radius 1 is 1.33 bits per heavy atom. The van der Waals surface area contributed by atoms with Crippen molar-refractivity contribution in [1.29, 1.82) is 0 Å². The van der Waals surface area contributed by atoms with Crippen molar-refractivity contribution in [3.63, 3.8) is 0 Å². The zero-order valence-electron chi connectivity index (χ0n) is 12.0. The first-order valence-electron chi connectivity index (χ1n) is 6.69. The summed E-state index contributed by atoms with van der Waals surface area (Å²) in [4.78, 5) is 11.3. The van der Waals surface area contributed by atoms with Crippen molar-refractivity contribution in [2.75, 3.05) is 13.7 Å². The van der Waals surface area contributed by atoms with Crippen LogP contribution in [0.4, 0.5) is 0 Å². The van der Waals surface area contributed by atoms with Crippen molar-refractivity contribution in [3.8, 4) is 22.8 Å². The predicted molar refractivity (Wildman–Crippen MR) is 77.3 cm³/mol. The van der Waals surface area contributed by atoms with E-state index in [-0.39, 0.29) is 5.69 Å². The third-order valence-electron chi connectivity index (χ3n) is 2.97. The SMILES string of the molecule is CCCCOc1cc(-c2n[nH]nc2C(N)=O)ccc1OC. The maximum atomic E-state index is 11.3. The number of methoxy groups -OCH3 is 1. The highest BCUT2D eigenvalue weighted by Crippen LogP contribution is 2.32. The van der Waals surface area contributed by atoms with Crippen molar-refractivity contribution in [1.82, 2.24) is 15.4 Å². The Labute approximate surface area is 122 Å². The zero-order valence-corrected chi connectivity index (χ0v) is 12.0. The van der Waals surface area contributed by atoms with Crippen LogP contribution in [0.1, 0.15) is 30.3 Å². The average Bonchev–Trinajstić information content (AvgIpc) is 2.97. The number of H-pyrrole nitrogens is 1. The van der Waals surface area contributed by atoms with Gasteiger partial charge in [0.1, 0.15) is 5.69 Å². The second-order valence-electron chi connectivity index (χ2n) is 4.45. The summed E-state index contributed by atoms with van der Waals surface area (Å²) in [6, 6.07) is 5.30. The lowest BCUT2D eigenvalue weighted by Gasteiger charge is -2.11. The van der Waals surface area contributed by atoms with Crippen molar-refractivity contribution in [2.45, 2.75) is 19.8 Å². The number of primary amides is 1. The lowest BCUT2D eigenvalue weighted by atomic mass is 10.1. The normalized spacial score (nSPS) is 10.4. The van der Waals surface area contributed by atoms with Gasteiger partial charge in [0.25, 0.3) is 5.91 Å². The molecule has 0 radical (unpaired) electrons. The van der Waals surface area contributed by atoms with Crippen molar-refractivity contribution in [2.24, 2.45) is 5.73 Å². The molecule has 0 unspecified atom stereocenters. The number of carbonyl (C=O) groups excluding carboxylic acids is 1. The first kappa shape index (κ1) is 14.8. The molecule has 0 bridgehead atoms. The number of rotatable bonds is 7. The van der Waals surface area contributed by atoms with Crippen molar-refractivity contribution >= 4 is 5.91 Å². The number of aromatic amines is 1. The van der Waals surface area contributed by atoms with Gasteiger partial charge in [-0.15, -0.1) is 0 Å². The van der Waals surface area contributed by atoms with E-state index in [0.29, 0.717) is 29.4 Å². The highest BCUT2D eigenvalue weighted by Gasteiger charge is 2.17. The summed E-state index contributed by atoms with van der Waals surface area (Å²) >= 11 is 0.